The van der Waals surface area contributed by atoms with Gasteiger partial charge in [-0.1, -0.05) is 6.92 Å². The highest BCUT2D eigenvalue weighted by Gasteiger charge is 2.30. The number of Topliss-reactive ketones (excluding diaryl/α,β-unsaturated/α-hetero) is 1. The Bertz CT molecular complexity index is 505. The first kappa shape index (κ1) is 20.6. The van der Waals surface area contributed by atoms with Crippen LogP contribution < -0.4 is 11.1 Å². The normalized spacial score (nSPS) is 14.3. The lowest BCUT2D eigenvalue weighted by atomic mass is 10.0. The maximum Gasteiger partial charge on any atom is 0.326 e. The second-order valence-corrected chi connectivity index (χ2v) is 5.50. The van der Waals surface area contributed by atoms with E-state index in [1.807, 2.05) is 0 Å². The van der Waals surface area contributed by atoms with Crippen molar-refractivity contribution in [1.29, 1.82) is 0 Å². The number of rotatable bonds is 9. The molecular formula is C14H23N3O6. The largest absolute Gasteiger partial charge is 0.480 e. The third kappa shape index (κ3) is 6.90. The lowest BCUT2D eigenvalue weighted by Gasteiger charge is -2.27. The average molecular weight is 329 g/mol. The Morgan fingerprint density at radius 2 is 1.65 bits per heavy atom. The number of hydrogen-bond acceptors (Lipinski definition) is 5. The van der Waals surface area contributed by atoms with E-state index in [0.717, 1.165) is 4.90 Å². The smallest absolute Gasteiger partial charge is 0.326 e. The van der Waals surface area contributed by atoms with Gasteiger partial charge in [0.15, 0.2) is 0 Å². The zero-order valence-electron chi connectivity index (χ0n) is 13.7. The first-order valence-corrected chi connectivity index (χ1v) is 7.04. The van der Waals surface area contributed by atoms with Gasteiger partial charge in [-0.2, -0.15) is 0 Å². The van der Waals surface area contributed by atoms with Gasteiger partial charge in [0.05, 0.1) is 6.42 Å². The highest BCUT2D eigenvalue weighted by Crippen LogP contribution is 2.10. The first-order valence-electron chi connectivity index (χ1n) is 7.04. The minimum absolute atomic E-state index is 0.0525. The van der Waals surface area contributed by atoms with Gasteiger partial charge in [0, 0.05) is 19.4 Å². The molecule has 0 aromatic rings. The molecule has 0 aromatic carbocycles. The molecule has 4 N–H and O–H groups in total. The van der Waals surface area contributed by atoms with Crippen LogP contribution in [0.5, 0.6) is 0 Å². The highest BCUT2D eigenvalue weighted by atomic mass is 16.4. The predicted octanol–water partition coefficient (Wildman–Crippen LogP) is -1.11. The van der Waals surface area contributed by atoms with Gasteiger partial charge in [0.1, 0.15) is 17.9 Å². The number of nitrogens with two attached hydrogens (primary N) is 1. The van der Waals surface area contributed by atoms with E-state index in [-0.39, 0.29) is 12.2 Å². The van der Waals surface area contributed by atoms with Crippen LogP contribution in [0.4, 0.5) is 0 Å². The van der Waals surface area contributed by atoms with E-state index in [2.05, 4.69) is 5.32 Å². The number of primary amides is 1. The number of amides is 3. The van der Waals surface area contributed by atoms with Crippen molar-refractivity contribution >= 4 is 29.5 Å². The van der Waals surface area contributed by atoms with Gasteiger partial charge in [0.25, 0.3) is 0 Å². The summed E-state index contributed by atoms with van der Waals surface area (Å²) in [4.78, 5) is 58.1. The number of carboxylic acid groups (broad SMARTS) is 1. The minimum Gasteiger partial charge on any atom is -0.480 e. The van der Waals surface area contributed by atoms with Crippen molar-refractivity contribution < 1.29 is 29.1 Å². The van der Waals surface area contributed by atoms with Crippen molar-refractivity contribution in [2.24, 2.45) is 11.7 Å². The number of ketones is 1. The van der Waals surface area contributed by atoms with E-state index in [9.17, 15) is 24.0 Å². The Hall–Kier alpha value is -2.45. The quantitative estimate of drug-likeness (QED) is 0.489. The van der Waals surface area contributed by atoms with Crippen LogP contribution in [0.25, 0.3) is 0 Å². The maximum atomic E-state index is 12.1. The molecule has 0 radical (unpaired) electrons. The van der Waals surface area contributed by atoms with Gasteiger partial charge in [-0.25, -0.2) is 4.79 Å². The monoisotopic (exact) mass is 329 g/mol. The van der Waals surface area contributed by atoms with Crippen LogP contribution in [0.3, 0.4) is 0 Å². The molecule has 0 saturated carbocycles. The topological polar surface area (TPSA) is 147 Å². The molecule has 0 saturated heterocycles. The molecule has 3 amide bonds. The second kappa shape index (κ2) is 8.86. The summed E-state index contributed by atoms with van der Waals surface area (Å²) in [6.45, 7) is 4.34. The van der Waals surface area contributed by atoms with Crippen LogP contribution in [0.15, 0.2) is 0 Å². The molecule has 0 heterocycles. The molecule has 9 heteroatoms. The SMILES string of the molecule is CC(=O)C[C@@H](C)C(=O)N(C)[C@@H](C)C(=O)N[C@@H](CC(N)=O)C(=O)O. The van der Waals surface area contributed by atoms with Gasteiger partial charge in [-0.15, -0.1) is 0 Å². The van der Waals surface area contributed by atoms with Crippen LogP contribution in [0, 0.1) is 5.92 Å². The fourth-order valence-electron chi connectivity index (χ4n) is 1.93. The van der Waals surface area contributed by atoms with Crippen molar-refractivity contribution in [1.82, 2.24) is 10.2 Å². The van der Waals surface area contributed by atoms with Gasteiger partial charge in [0.2, 0.25) is 17.7 Å². The molecule has 0 unspecified atom stereocenters. The molecule has 9 nitrogen and oxygen atoms in total. The summed E-state index contributed by atoms with van der Waals surface area (Å²) in [7, 11) is 1.38. The number of carbonyl (C=O) groups is 5. The Balaban J connectivity index is 4.85. The summed E-state index contributed by atoms with van der Waals surface area (Å²) < 4.78 is 0. The maximum absolute atomic E-state index is 12.1. The molecule has 0 bridgehead atoms. The van der Waals surface area contributed by atoms with E-state index in [4.69, 9.17) is 10.8 Å². The zero-order chi connectivity index (χ0) is 18.3. The average Bonchev–Trinajstić information content (AvgIpc) is 2.42. The number of carboxylic acids is 1. The van der Waals surface area contributed by atoms with E-state index < -0.39 is 48.1 Å². The Labute approximate surface area is 134 Å². The third-order valence-corrected chi connectivity index (χ3v) is 3.34. The van der Waals surface area contributed by atoms with Gasteiger partial charge in [-0.05, 0) is 13.8 Å². The summed E-state index contributed by atoms with van der Waals surface area (Å²) in [5, 5.41) is 11.1. The summed E-state index contributed by atoms with van der Waals surface area (Å²) in [6, 6.07) is -2.42. The number of hydrogen-bond donors (Lipinski definition) is 3. The van der Waals surface area contributed by atoms with E-state index >= 15 is 0 Å². The molecule has 0 aliphatic heterocycles. The summed E-state index contributed by atoms with van der Waals surface area (Å²) >= 11 is 0. The van der Waals surface area contributed by atoms with E-state index in [0.29, 0.717) is 0 Å². The molecule has 0 spiro atoms. The summed E-state index contributed by atoms with van der Waals surface area (Å²) in [6.07, 6.45) is -0.497. The van der Waals surface area contributed by atoms with Gasteiger partial charge in [-0.3, -0.25) is 14.4 Å². The standard InChI is InChI=1S/C14H23N3O6/c1-7(5-8(2)18)13(21)17(4)9(3)12(20)16-10(14(22)23)6-11(15)19/h7,9-10H,5-6H2,1-4H3,(H2,15,19)(H,16,20)(H,22,23)/t7-,9+,10+/m1/s1. The molecule has 0 aliphatic carbocycles. The fourth-order valence-corrected chi connectivity index (χ4v) is 1.93. The number of nitrogens with one attached hydrogen (secondary N) is 1. The molecule has 0 aromatic heterocycles. The van der Waals surface area contributed by atoms with Crippen LogP contribution in [0.2, 0.25) is 0 Å². The molecule has 0 fully saturated rings. The van der Waals surface area contributed by atoms with Crippen molar-refractivity contribution in [3.63, 3.8) is 0 Å². The van der Waals surface area contributed by atoms with Gasteiger partial charge >= 0.3 is 5.97 Å². The summed E-state index contributed by atoms with van der Waals surface area (Å²) in [5.74, 6) is -4.15. The van der Waals surface area contributed by atoms with Crippen molar-refractivity contribution in [2.45, 2.75) is 45.7 Å². The first-order chi connectivity index (χ1) is 10.5. The van der Waals surface area contributed by atoms with Crippen LogP contribution >= 0.6 is 0 Å². The lowest BCUT2D eigenvalue weighted by Crippen LogP contribution is -2.52. The van der Waals surface area contributed by atoms with Crippen LogP contribution in [-0.4, -0.2) is 58.6 Å². The van der Waals surface area contributed by atoms with Crippen molar-refractivity contribution in [3.05, 3.63) is 0 Å². The van der Waals surface area contributed by atoms with Crippen LogP contribution in [-0.2, 0) is 24.0 Å². The fraction of sp³-hybridized carbons (Fsp3) is 0.643. The van der Waals surface area contributed by atoms with E-state index in [1.165, 1.54) is 20.9 Å². The molecule has 3 atom stereocenters. The Morgan fingerprint density at radius 1 is 1.13 bits per heavy atom. The van der Waals surface area contributed by atoms with Crippen molar-refractivity contribution in [3.8, 4) is 0 Å². The predicted molar refractivity (Wildman–Crippen MR) is 80.1 cm³/mol. The molecule has 0 rings (SSSR count). The van der Waals surface area contributed by atoms with Gasteiger partial charge < -0.3 is 25.9 Å². The molecule has 130 valence electrons. The van der Waals surface area contributed by atoms with Crippen LogP contribution in [0.1, 0.15) is 33.6 Å². The molecular weight excluding hydrogens is 306 g/mol. The summed E-state index contributed by atoms with van der Waals surface area (Å²) in [5.41, 5.74) is 4.93. The highest BCUT2D eigenvalue weighted by molar-refractivity contribution is 5.93. The number of likely N-dealkylation sites (N-methyl/N-ethyl adjacent to an activating group) is 1. The molecule has 0 aliphatic rings. The molecule has 23 heavy (non-hydrogen) atoms. The van der Waals surface area contributed by atoms with E-state index in [1.54, 1.807) is 6.92 Å². The number of nitrogens with zero attached hydrogens (tertiary/aromatic N) is 1. The third-order valence-electron chi connectivity index (χ3n) is 3.34. The Morgan fingerprint density at radius 3 is 2.04 bits per heavy atom. The zero-order valence-corrected chi connectivity index (χ0v) is 13.7. The second-order valence-electron chi connectivity index (χ2n) is 5.50. The Kier molecular flexibility index (Phi) is 7.92. The van der Waals surface area contributed by atoms with Crippen molar-refractivity contribution in [2.75, 3.05) is 7.05 Å². The minimum atomic E-state index is -1.46. The number of carbonyl (C=O) groups excluding carboxylic acids is 4. The lowest BCUT2D eigenvalue weighted by molar-refractivity contribution is -0.146. The number of aliphatic carboxylic acids is 1.